The number of nitrogens with one attached hydrogen (secondary N) is 1. The Labute approximate surface area is 396 Å². The summed E-state index contributed by atoms with van der Waals surface area (Å²) < 4.78 is 11.9. The second-order valence-corrected chi connectivity index (χ2v) is 18.9. The average molecular weight is 949 g/mol. The number of nitrogens with zero attached hydrogens (tertiary/aromatic N) is 9. The first kappa shape index (κ1) is 47.1. The number of carbonyl (C=O) groups is 5. The van der Waals surface area contributed by atoms with Gasteiger partial charge in [-0.25, -0.2) is 15.0 Å². The van der Waals surface area contributed by atoms with Crippen LogP contribution in [-0.2, 0) is 37.3 Å². The summed E-state index contributed by atoms with van der Waals surface area (Å²) in [6.45, 7) is 12.7. The molecule has 0 radical (unpaired) electrons. The van der Waals surface area contributed by atoms with Crippen LogP contribution in [0.3, 0.4) is 0 Å². The predicted octanol–water partition coefficient (Wildman–Crippen LogP) is 5.42. The van der Waals surface area contributed by atoms with E-state index >= 15 is 0 Å². The molecule has 352 valence electrons. The van der Waals surface area contributed by atoms with Crippen LogP contribution in [-0.4, -0.2) is 119 Å². The number of allylic oxidation sites excluding steroid dienone is 2. The van der Waals surface area contributed by atoms with Crippen molar-refractivity contribution in [1.82, 2.24) is 43.7 Å². The third-order valence-corrected chi connectivity index (χ3v) is 13.9. The lowest BCUT2D eigenvalue weighted by Crippen LogP contribution is -2.49. The zero-order valence-corrected chi connectivity index (χ0v) is 40.1. The van der Waals surface area contributed by atoms with E-state index in [1.807, 2.05) is 60.1 Å². The molecule has 67 heavy (non-hydrogen) atoms. The van der Waals surface area contributed by atoms with Crippen LogP contribution < -0.4 is 21.5 Å². The molecule has 1 saturated heterocycles. The molecule has 0 bridgehead atoms. The number of rotatable bonds is 20. The fourth-order valence-electron chi connectivity index (χ4n) is 8.56. The molecular formula is C47H56N12O6S2. The number of thioether (sulfide) groups is 1. The number of amides is 4. The van der Waals surface area contributed by atoms with Gasteiger partial charge in [-0.2, -0.15) is 5.10 Å². The molecule has 1 saturated carbocycles. The number of anilines is 1. The molecule has 5 heterocycles. The first-order valence-corrected chi connectivity index (χ1v) is 24.7. The van der Waals surface area contributed by atoms with Crippen molar-refractivity contribution in [3.63, 3.8) is 0 Å². The highest BCUT2D eigenvalue weighted by atomic mass is 32.2. The summed E-state index contributed by atoms with van der Waals surface area (Å²) in [5, 5.41) is 8.26. The van der Waals surface area contributed by atoms with Crippen molar-refractivity contribution in [2.24, 2.45) is 17.4 Å². The van der Waals surface area contributed by atoms with E-state index in [9.17, 15) is 24.0 Å². The van der Waals surface area contributed by atoms with E-state index in [0.29, 0.717) is 82.5 Å². The van der Waals surface area contributed by atoms with E-state index in [4.69, 9.17) is 26.2 Å². The Balaban J connectivity index is 1.10. The second-order valence-electron chi connectivity index (χ2n) is 16.8. The Hall–Kier alpha value is -6.38. The molecule has 20 heteroatoms. The highest BCUT2D eigenvalue weighted by Gasteiger charge is 2.34. The van der Waals surface area contributed by atoms with Gasteiger partial charge in [0, 0.05) is 74.3 Å². The van der Waals surface area contributed by atoms with Crippen LogP contribution in [0.5, 0.6) is 5.75 Å². The third-order valence-electron chi connectivity index (χ3n) is 12.1. The minimum Gasteiger partial charge on any atom is -0.491 e. The number of hydrogen-bond acceptors (Lipinski definition) is 13. The Morgan fingerprint density at radius 2 is 1.57 bits per heavy atom. The summed E-state index contributed by atoms with van der Waals surface area (Å²) in [6, 6.07) is 8.29. The molecule has 2 aliphatic rings. The smallest absolute Gasteiger partial charge is 0.276 e. The molecule has 18 nitrogen and oxygen atoms in total. The third kappa shape index (κ3) is 10.3. The van der Waals surface area contributed by atoms with Crippen LogP contribution in [0.1, 0.15) is 96.2 Å². The molecule has 0 unspecified atom stereocenters. The van der Waals surface area contributed by atoms with Crippen LogP contribution in [0.25, 0.3) is 22.1 Å². The van der Waals surface area contributed by atoms with E-state index in [0.717, 1.165) is 66.7 Å². The number of fused-ring (bicyclic) bond motifs is 2. The number of Topliss-reactive ketones (excluding diaryl/α,β-unsaturated/α-hetero) is 1. The first-order chi connectivity index (χ1) is 32.3. The van der Waals surface area contributed by atoms with Gasteiger partial charge in [-0.3, -0.25) is 38.9 Å². The summed E-state index contributed by atoms with van der Waals surface area (Å²) >= 11 is 2.82. The maximum atomic E-state index is 13.9. The van der Waals surface area contributed by atoms with Gasteiger partial charge < -0.3 is 30.2 Å². The molecule has 1 aliphatic carbocycles. The van der Waals surface area contributed by atoms with Gasteiger partial charge in [-0.05, 0) is 83.0 Å². The molecular weight excluding hydrogens is 893 g/mol. The number of ether oxygens (including phenoxy) is 1. The van der Waals surface area contributed by atoms with Crippen molar-refractivity contribution >= 4 is 80.5 Å². The van der Waals surface area contributed by atoms with Crippen LogP contribution in [0, 0.1) is 19.8 Å². The number of benzene rings is 2. The fourth-order valence-corrected chi connectivity index (χ4v) is 10.2. The predicted molar refractivity (Wildman–Crippen MR) is 258 cm³/mol. The van der Waals surface area contributed by atoms with Crippen molar-refractivity contribution in [1.29, 1.82) is 0 Å². The number of piperazine rings is 1. The molecule has 0 spiro atoms. The second kappa shape index (κ2) is 20.2. The topological polar surface area (TPSA) is 231 Å². The summed E-state index contributed by atoms with van der Waals surface area (Å²) in [5.74, 6) is -0.152. The first-order valence-electron chi connectivity index (χ1n) is 22.6. The SMILES string of the molecule is CCc1nc(C)sc1C(=O)Cc1nc2cc(C(N)=O)cc(SC)c2n1C/C=C/Cn1c(NC(=O)c2cc(C)nn2CC)nc2cc(C(N)=O)cc(OCCCN3CCN(C(=O)C4CC4)CC3)c21. The number of hydrogen-bond donors (Lipinski definition) is 3. The van der Waals surface area contributed by atoms with E-state index < -0.39 is 17.7 Å². The van der Waals surface area contributed by atoms with E-state index in [1.54, 1.807) is 35.0 Å². The number of carbonyl (C=O) groups excluding carboxylic acids is 5. The summed E-state index contributed by atoms with van der Waals surface area (Å²) in [7, 11) is 0. The minimum atomic E-state index is -0.654. The molecule has 0 atom stereocenters. The van der Waals surface area contributed by atoms with Gasteiger partial charge in [-0.15, -0.1) is 23.1 Å². The monoisotopic (exact) mass is 948 g/mol. The van der Waals surface area contributed by atoms with Gasteiger partial charge in [0.05, 0.1) is 50.9 Å². The van der Waals surface area contributed by atoms with Crippen molar-refractivity contribution in [2.45, 2.75) is 84.3 Å². The molecule has 4 aromatic heterocycles. The van der Waals surface area contributed by atoms with Gasteiger partial charge in [0.1, 0.15) is 22.8 Å². The fraction of sp³-hybridized carbons (Fsp3) is 0.426. The molecule has 2 aromatic carbocycles. The highest BCUT2D eigenvalue weighted by molar-refractivity contribution is 7.98. The van der Waals surface area contributed by atoms with Crippen molar-refractivity contribution in [3.8, 4) is 5.75 Å². The summed E-state index contributed by atoms with van der Waals surface area (Å²) in [5.41, 5.74) is 16.1. The zero-order chi connectivity index (χ0) is 47.5. The Bertz CT molecular complexity index is 2920. The van der Waals surface area contributed by atoms with Crippen molar-refractivity contribution in [2.75, 3.05) is 50.9 Å². The quantitative estimate of drug-likeness (QED) is 0.0377. The Morgan fingerprint density at radius 1 is 0.881 bits per heavy atom. The largest absolute Gasteiger partial charge is 0.491 e. The number of aryl methyl sites for hydroxylation is 4. The Morgan fingerprint density at radius 3 is 2.22 bits per heavy atom. The molecule has 8 rings (SSSR count). The normalized spacial score (nSPS) is 14.4. The average Bonchev–Trinajstić information content (AvgIpc) is 3.66. The number of aromatic nitrogens is 7. The van der Waals surface area contributed by atoms with E-state index in [-0.39, 0.29) is 42.1 Å². The zero-order valence-electron chi connectivity index (χ0n) is 38.5. The number of imidazole rings is 2. The molecule has 2 fully saturated rings. The Kier molecular flexibility index (Phi) is 14.2. The maximum absolute atomic E-state index is 13.9. The van der Waals surface area contributed by atoms with Crippen LogP contribution in [0.15, 0.2) is 47.4 Å². The number of nitrogens with two attached hydrogens (primary N) is 2. The van der Waals surface area contributed by atoms with Crippen LogP contribution in [0.4, 0.5) is 5.95 Å². The van der Waals surface area contributed by atoms with Gasteiger partial charge in [0.15, 0.2) is 5.78 Å². The highest BCUT2D eigenvalue weighted by Crippen LogP contribution is 2.34. The van der Waals surface area contributed by atoms with Gasteiger partial charge in [-0.1, -0.05) is 19.1 Å². The lowest BCUT2D eigenvalue weighted by Gasteiger charge is -2.34. The summed E-state index contributed by atoms with van der Waals surface area (Å²) in [4.78, 5) is 85.4. The van der Waals surface area contributed by atoms with Crippen LogP contribution >= 0.6 is 23.1 Å². The molecule has 5 N–H and O–H groups in total. The maximum Gasteiger partial charge on any atom is 0.276 e. The van der Waals surface area contributed by atoms with E-state index in [1.165, 1.54) is 23.1 Å². The van der Waals surface area contributed by atoms with Crippen LogP contribution in [0.2, 0.25) is 0 Å². The molecule has 4 amide bonds. The number of ketones is 1. The van der Waals surface area contributed by atoms with Gasteiger partial charge in [0.2, 0.25) is 23.7 Å². The molecule has 6 aromatic rings. The summed E-state index contributed by atoms with van der Waals surface area (Å²) in [6.07, 6.45) is 9.07. The van der Waals surface area contributed by atoms with Gasteiger partial charge >= 0.3 is 0 Å². The lowest BCUT2D eigenvalue weighted by molar-refractivity contribution is -0.134. The molecule has 1 aliphatic heterocycles. The number of thiazole rings is 1. The van der Waals surface area contributed by atoms with Crippen molar-refractivity contribution < 1.29 is 28.7 Å². The van der Waals surface area contributed by atoms with Crippen molar-refractivity contribution in [3.05, 3.63) is 86.4 Å². The van der Waals surface area contributed by atoms with E-state index in [2.05, 4.69) is 20.3 Å². The standard InChI is InChI=1S/C47H56N12O6S2/c1-6-32-42(67-28(4)50-32)36(60)26-39-51-34-23-31(44(49)62)25-38(66-5)41(34)57(39)14-8-9-15-58-40-33(52-47(58)53-45(63)35-21-27(3)54-59(35)7-2)22-30(43(48)61)24-37(40)65-20-10-13-55-16-18-56(19-17-55)46(64)29-11-12-29/h8-9,21-25,29H,6-7,10-20,26H2,1-5H3,(H2,48,61)(H2,49,62)(H,52,53,63)/b9-8+. The number of primary amides is 2. The lowest BCUT2D eigenvalue weighted by atomic mass is 10.1. The minimum absolute atomic E-state index is 0.00618. The van der Waals surface area contributed by atoms with Gasteiger partial charge in [0.25, 0.3) is 5.91 Å².